The fourth-order valence-corrected chi connectivity index (χ4v) is 3.22. The second-order valence-electron chi connectivity index (χ2n) is 6.38. The standard InChI is InChI=1S/C18H24N4O3/c1-12(15-8-4-5-9-16(15)24-3)19-18(23)22-10-6-7-14(11-22)17-20-13(2)21-25-17/h4-5,8-9,12,14H,6-7,10-11H2,1-3H3,(H,19,23)/t12-,14+/m0/s1. The Kier molecular flexibility index (Phi) is 5.21. The Morgan fingerprint density at radius 3 is 2.96 bits per heavy atom. The minimum atomic E-state index is -0.144. The van der Waals surface area contributed by atoms with Gasteiger partial charge in [0.2, 0.25) is 5.89 Å². The van der Waals surface area contributed by atoms with Gasteiger partial charge in [-0.25, -0.2) is 4.79 Å². The first-order valence-corrected chi connectivity index (χ1v) is 8.57. The fraction of sp³-hybridized carbons (Fsp3) is 0.500. The molecule has 0 bridgehead atoms. The number of aryl methyl sites for hydroxylation is 1. The van der Waals surface area contributed by atoms with E-state index in [1.807, 2.05) is 36.1 Å². The summed E-state index contributed by atoms with van der Waals surface area (Å²) in [5, 5.41) is 6.91. The van der Waals surface area contributed by atoms with E-state index in [-0.39, 0.29) is 18.0 Å². The number of ether oxygens (including phenoxy) is 1. The van der Waals surface area contributed by atoms with Crippen LogP contribution < -0.4 is 10.1 Å². The zero-order valence-corrected chi connectivity index (χ0v) is 14.9. The number of para-hydroxylation sites is 1. The lowest BCUT2D eigenvalue weighted by molar-refractivity contribution is 0.169. The molecule has 7 nitrogen and oxygen atoms in total. The Morgan fingerprint density at radius 1 is 1.44 bits per heavy atom. The first-order valence-electron chi connectivity index (χ1n) is 8.57. The van der Waals surface area contributed by atoms with Gasteiger partial charge in [0.25, 0.3) is 0 Å². The molecule has 2 amide bonds. The summed E-state index contributed by atoms with van der Waals surface area (Å²) in [6.07, 6.45) is 1.87. The summed E-state index contributed by atoms with van der Waals surface area (Å²) in [5.41, 5.74) is 0.958. The van der Waals surface area contributed by atoms with Crippen LogP contribution in [0.3, 0.4) is 0 Å². The number of hydrogen-bond acceptors (Lipinski definition) is 5. The van der Waals surface area contributed by atoms with Gasteiger partial charge in [-0.1, -0.05) is 23.4 Å². The van der Waals surface area contributed by atoms with E-state index in [0.29, 0.717) is 18.3 Å². The number of hydrogen-bond donors (Lipinski definition) is 1. The number of rotatable bonds is 4. The summed E-state index contributed by atoms with van der Waals surface area (Å²) in [7, 11) is 1.63. The molecular formula is C18H24N4O3. The van der Waals surface area contributed by atoms with E-state index in [0.717, 1.165) is 30.7 Å². The summed E-state index contributed by atoms with van der Waals surface area (Å²) >= 11 is 0. The first-order chi connectivity index (χ1) is 12.1. The predicted octanol–water partition coefficient (Wildman–Crippen LogP) is 3.04. The minimum Gasteiger partial charge on any atom is -0.496 e. The predicted molar refractivity (Wildman–Crippen MR) is 92.5 cm³/mol. The first kappa shape index (κ1) is 17.3. The Morgan fingerprint density at radius 2 is 2.24 bits per heavy atom. The number of benzene rings is 1. The Labute approximate surface area is 147 Å². The van der Waals surface area contributed by atoms with E-state index >= 15 is 0 Å². The highest BCUT2D eigenvalue weighted by molar-refractivity contribution is 5.75. The number of urea groups is 1. The van der Waals surface area contributed by atoms with Crippen LogP contribution in [0.25, 0.3) is 0 Å². The van der Waals surface area contributed by atoms with Gasteiger partial charge in [0.1, 0.15) is 5.75 Å². The van der Waals surface area contributed by atoms with Gasteiger partial charge in [-0.3, -0.25) is 0 Å². The van der Waals surface area contributed by atoms with Crippen molar-refractivity contribution in [1.29, 1.82) is 0 Å². The Balaban J connectivity index is 1.64. The van der Waals surface area contributed by atoms with Crippen LogP contribution >= 0.6 is 0 Å². The average Bonchev–Trinajstić information content (AvgIpc) is 3.08. The van der Waals surface area contributed by atoms with Crippen molar-refractivity contribution in [3.05, 3.63) is 41.5 Å². The molecule has 0 aliphatic carbocycles. The molecule has 134 valence electrons. The second kappa shape index (κ2) is 7.55. The molecule has 0 unspecified atom stereocenters. The van der Waals surface area contributed by atoms with Crippen LogP contribution in [0.1, 0.15) is 49.0 Å². The molecule has 1 aromatic heterocycles. The lowest BCUT2D eigenvalue weighted by Crippen LogP contribution is -2.45. The van der Waals surface area contributed by atoms with Crippen molar-refractivity contribution >= 4 is 6.03 Å². The molecule has 2 atom stereocenters. The average molecular weight is 344 g/mol. The van der Waals surface area contributed by atoms with Gasteiger partial charge >= 0.3 is 6.03 Å². The summed E-state index contributed by atoms with van der Waals surface area (Å²) in [6, 6.07) is 7.49. The Hall–Kier alpha value is -2.57. The van der Waals surface area contributed by atoms with Crippen molar-refractivity contribution in [2.24, 2.45) is 0 Å². The van der Waals surface area contributed by atoms with Crippen molar-refractivity contribution in [3.8, 4) is 5.75 Å². The van der Waals surface area contributed by atoms with Crippen LogP contribution in [-0.4, -0.2) is 41.3 Å². The van der Waals surface area contributed by atoms with E-state index in [4.69, 9.17) is 9.26 Å². The molecule has 7 heteroatoms. The van der Waals surface area contributed by atoms with Crippen molar-refractivity contribution in [2.75, 3.05) is 20.2 Å². The number of nitrogens with one attached hydrogen (secondary N) is 1. The summed E-state index contributed by atoms with van der Waals surface area (Å²) in [6.45, 7) is 5.08. The largest absolute Gasteiger partial charge is 0.496 e. The normalized spacial score (nSPS) is 18.7. The maximum Gasteiger partial charge on any atom is 0.317 e. The smallest absolute Gasteiger partial charge is 0.317 e. The zero-order chi connectivity index (χ0) is 17.8. The summed E-state index contributed by atoms with van der Waals surface area (Å²) in [4.78, 5) is 18.8. The number of nitrogens with zero attached hydrogens (tertiary/aromatic N) is 3. The van der Waals surface area contributed by atoms with Crippen LogP contribution in [0, 0.1) is 6.92 Å². The topological polar surface area (TPSA) is 80.5 Å². The van der Waals surface area contributed by atoms with Gasteiger partial charge in [-0.05, 0) is 32.8 Å². The lowest BCUT2D eigenvalue weighted by Gasteiger charge is -2.32. The molecule has 0 spiro atoms. The molecule has 2 aromatic rings. The van der Waals surface area contributed by atoms with Gasteiger partial charge in [-0.15, -0.1) is 0 Å². The number of amides is 2. The van der Waals surface area contributed by atoms with Crippen molar-refractivity contribution in [3.63, 3.8) is 0 Å². The van der Waals surface area contributed by atoms with E-state index in [1.165, 1.54) is 0 Å². The van der Waals surface area contributed by atoms with Gasteiger partial charge in [-0.2, -0.15) is 4.98 Å². The monoisotopic (exact) mass is 344 g/mol. The quantitative estimate of drug-likeness (QED) is 0.922. The minimum absolute atomic E-state index is 0.0839. The number of piperidine rings is 1. The lowest BCUT2D eigenvalue weighted by atomic mass is 9.98. The molecule has 1 fully saturated rings. The van der Waals surface area contributed by atoms with E-state index in [1.54, 1.807) is 14.0 Å². The van der Waals surface area contributed by atoms with Gasteiger partial charge in [0.05, 0.1) is 19.1 Å². The van der Waals surface area contributed by atoms with Crippen molar-refractivity contribution in [2.45, 2.75) is 38.6 Å². The van der Waals surface area contributed by atoms with Gasteiger partial charge < -0.3 is 19.5 Å². The van der Waals surface area contributed by atoms with Crippen LogP contribution in [0.4, 0.5) is 4.79 Å². The van der Waals surface area contributed by atoms with E-state index < -0.39 is 0 Å². The molecule has 0 radical (unpaired) electrons. The van der Waals surface area contributed by atoms with Crippen LogP contribution in [0.5, 0.6) is 5.75 Å². The molecule has 2 heterocycles. The highest BCUT2D eigenvalue weighted by Gasteiger charge is 2.29. The second-order valence-corrected chi connectivity index (χ2v) is 6.38. The fourth-order valence-electron chi connectivity index (χ4n) is 3.22. The van der Waals surface area contributed by atoms with E-state index in [2.05, 4.69) is 15.5 Å². The Bertz CT molecular complexity index is 731. The molecule has 1 N–H and O–H groups in total. The number of likely N-dealkylation sites (tertiary alicyclic amines) is 1. The van der Waals surface area contributed by atoms with Crippen molar-refractivity contribution in [1.82, 2.24) is 20.4 Å². The third-order valence-electron chi connectivity index (χ3n) is 4.55. The number of carbonyl (C=O) groups excluding carboxylic acids is 1. The van der Waals surface area contributed by atoms with Gasteiger partial charge in [0.15, 0.2) is 5.82 Å². The third-order valence-corrected chi connectivity index (χ3v) is 4.55. The SMILES string of the molecule is COc1ccccc1[C@H](C)NC(=O)N1CCC[C@@H](c2nc(C)no2)C1. The number of methoxy groups -OCH3 is 1. The highest BCUT2D eigenvalue weighted by atomic mass is 16.5. The number of aromatic nitrogens is 2. The van der Waals surface area contributed by atoms with E-state index in [9.17, 15) is 4.79 Å². The number of carbonyl (C=O) groups is 1. The summed E-state index contributed by atoms with van der Waals surface area (Å²) < 4.78 is 10.7. The van der Waals surface area contributed by atoms with Crippen molar-refractivity contribution < 1.29 is 14.1 Å². The summed E-state index contributed by atoms with van der Waals surface area (Å²) in [5.74, 6) is 2.12. The molecule has 0 saturated carbocycles. The third kappa shape index (κ3) is 3.92. The highest BCUT2D eigenvalue weighted by Crippen LogP contribution is 2.27. The molecule has 3 rings (SSSR count). The molecule has 1 aliphatic rings. The molecule has 1 saturated heterocycles. The molecule has 25 heavy (non-hydrogen) atoms. The van der Waals surface area contributed by atoms with Crippen LogP contribution in [0.15, 0.2) is 28.8 Å². The molecule has 1 aliphatic heterocycles. The molecule has 1 aromatic carbocycles. The van der Waals surface area contributed by atoms with Gasteiger partial charge in [0, 0.05) is 18.7 Å². The maximum absolute atomic E-state index is 12.7. The maximum atomic E-state index is 12.7. The van der Waals surface area contributed by atoms with Crippen LogP contribution in [0.2, 0.25) is 0 Å². The zero-order valence-electron chi connectivity index (χ0n) is 14.9. The van der Waals surface area contributed by atoms with Crippen LogP contribution in [-0.2, 0) is 0 Å². The molecular weight excluding hydrogens is 320 g/mol.